The van der Waals surface area contributed by atoms with E-state index in [0.29, 0.717) is 35.8 Å². The molecular weight excluding hydrogens is 521 g/mol. The Balaban J connectivity index is 1.54. The molecule has 4 rings (SSSR count). The van der Waals surface area contributed by atoms with Gasteiger partial charge >= 0.3 is 6.18 Å². The zero-order valence-electron chi connectivity index (χ0n) is 20.9. The third-order valence-corrected chi connectivity index (χ3v) is 6.70. The van der Waals surface area contributed by atoms with E-state index in [0.717, 1.165) is 31.4 Å². The molecule has 2 amide bonds. The second-order valence-corrected chi connectivity index (χ2v) is 9.66. The van der Waals surface area contributed by atoms with E-state index < -0.39 is 23.7 Å². The fourth-order valence-electron chi connectivity index (χ4n) is 4.47. The van der Waals surface area contributed by atoms with Gasteiger partial charge in [-0.2, -0.15) is 18.2 Å². The van der Waals surface area contributed by atoms with Crippen molar-refractivity contribution in [1.29, 1.82) is 0 Å². The molecule has 0 saturated carbocycles. The van der Waals surface area contributed by atoms with Gasteiger partial charge < -0.3 is 14.3 Å². The van der Waals surface area contributed by atoms with E-state index in [1.807, 2.05) is 6.92 Å². The average molecular weight is 549 g/mol. The first kappa shape index (κ1) is 27.6. The van der Waals surface area contributed by atoms with Gasteiger partial charge in [-0.1, -0.05) is 48.3 Å². The summed E-state index contributed by atoms with van der Waals surface area (Å²) in [7, 11) is 0. The largest absolute Gasteiger partial charge is 0.416 e. The summed E-state index contributed by atoms with van der Waals surface area (Å²) in [5.74, 6) is -0.303. The molecule has 1 fully saturated rings. The summed E-state index contributed by atoms with van der Waals surface area (Å²) in [5, 5.41) is 4.58. The van der Waals surface area contributed by atoms with Crippen LogP contribution in [0, 0.1) is 0 Å². The molecule has 11 heteroatoms. The second-order valence-electron chi connectivity index (χ2n) is 9.22. The van der Waals surface area contributed by atoms with Crippen molar-refractivity contribution in [3.05, 3.63) is 70.6 Å². The molecule has 38 heavy (non-hydrogen) atoms. The summed E-state index contributed by atoms with van der Waals surface area (Å²) in [6.45, 7) is 2.36. The van der Waals surface area contributed by atoms with E-state index >= 15 is 0 Å². The molecule has 1 saturated heterocycles. The Morgan fingerprint density at radius 1 is 1.16 bits per heavy atom. The fourth-order valence-corrected chi connectivity index (χ4v) is 4.66. The number of nitrogens with zero attached hydrogens (tertiary/aromatic N) is 4. The van der Waals surface area contributed by atoms with Gasteiger partial charge in [0, 0.05) is 29.2 Å². The van der Waals surface area contributed by atoms with Crippen molar-refractivity contribution in [3.8, 4) is 11.4 Å². The highest BCUT2D eigenvalue weighted by molar-refractivity contribution is 6.30. The number of halogens is 4. The maximum absolute atomic E-state index is 13.5. The van der Waals surface area contributed by atoms with Crippen LogP contribution in [0.1, 0.15) is 66.9 Å². The minimum absolute atomic E-state index is 0.109. The van der Waals surface area contributed by atoms with Crippen LogP contribution in [0.4, 0.5) is 13.2 Å². The number of likely N-dealkylation sites (tertiary alicyclic amines) is 1. The molecule has 1 aliphatic rings. The van der Waals surface area contributed by atoms with E-state index in [4.69, 9.17) is 16.1 Å². The van der Waals surface area contributed by atoms with Gasteiger partial charge in [-0.15, -0.1) is 0 Å². The van der Waals surface area contributed by atoms with Crippen LogP contribution >= 0.6 is 11.6 Å². The van der Waals surface area contributed by atoms with Gasteiger partial charge in [-0.05, 0) is 56.0 Å². The number of carbonyl (C=O) groups excluding carboxylic acids is 2. The molecule has 0 aliphatic carbocycles. The number of piperidine rings is 1. The number of aromatic nitrogens is 2. The van der Waals surface area contributed by atoms with Gasteiger partial charge in [0.2, 0.25) is 17.6 Å². The predicted octanol–water partition coefficient (Wildman–Crippen LogP) is 6.40. The summed E-state index contributed by atoms with van der Waals surface area (Å²) >= 11 is 6.07. The van der Waals surface area contributed by atoms with Crippen LogP contribution in [0.5, 0.6) is 0 Å². The van der Waals surface area contributed by atoms with Gasteiger partial charge in [0.25, 0.3) is 5.91 Å². The van der Waals surface area contributed by atoms with E-state index in [1.54, 1.807) is 29.2 Å². The molecule has 1 aromatic heterocycles. The Morgan fingerprint density at radius 3 is 2.68 bits per heavy atom. The number of unbranched alkanes of at least 4 members (excludes halogenated alkanes) is 1. The molecule has 0 spiro atoms. The zero-order chi connectivity index (χ0) is 27.3. The summed E-state index contributed by atoms with van der Waals surface area (Å²) in [6, 6.07) is 10.8. The highest BCUT2D eigenvalue weighted by Gasteiger charge is 2.35. The molecule has 1 aliphatic heterocycles. The predicted molar refractivity (Wildman–Crippen MR) is 135 cm³/mol. The normalized spacial score (nSPS) is 15.9. The van der Waals surface area contributed by atoms with Crippen molar-refractivity contribution in [1.82, 2.24) is 19.9 Å². The molecule has 0 bridgehead atoms. The monoisotopic (exact) mass is 548 g/mol. The third-order valence-electron chi connectivity index (χ3n) is 6.46. The topological polar surface area (TPSA) is 79.5 Å². The first-order chi connectivity index (χ1) is 18.2. The lowest BCUT2D eigenvalue weighted by atomic mass is 10.0. The van der Waals surface area contributed by atoms with Crippen LogP contribution in [-0.2, 0) is 11.0 Å². The van der Waals surface area contributed by atoms with Crippen LogP contribution in [-0.4, -0.2) is 51.4 Å². The van der Waals surface area contributed by atoms with Gasteiger partial charge in [0.05, 0.1) is 5.56 Å². The zero-order valence-corrected chi connectivity index (χ0v) is 21.6. The van der Waals surface area contributed by atoms with E-state index in [9.17, 15) is 22.8 Å². The van der Waals surface area contributed by atoms with Crippen molar-refractivity contribution in [2.75, 3.05) is 19.6 Å². The smallest absolute Gasteiger partial charge is 0.337 e. The van der Waals surface area contributed by atoms with Gasteiger partial charge in [0.1, 0.15) is 12.6 Å². The lowest BCUT2D eigenvalue weighted by Gasteiger charge is -2.35. The standard InChI is InChI=1S/C27H28ClF3N4O3/c1-2-3-13-34(26(37)19-9-6-10-20(15-19)27(29,30)31)17-23(36)35-14-5-4-12-22(35)25-32-24(33-38-25)18-8-7-11-21(28)16-18/h6-11,15-16,22H,2-5,12-14,17H2,1H3. The summed E-state index contributed by atoms with van der Waals surface area (Å²) in [5.41, 5.74) is -0.339. The highest BCUT2D eigenvalue weighted by Crippen LogP contribution is 2.32. The van der Waals surface area contributed by atoms with Crippen molar-refractivity contribution >= 4 is 23.4 Å². The number of rotatable bonds is 8. The summed E-state index contributed by atoms with van der Waals surface area (Å²) in [4.78, 5) is 34.2. The molecule has 202 valence electrons. The molecule has 1 atom stereocenters. The molecule has 3 aromatic rings. The number of hydrogen-bond donors (Lipinski definition) is 0. The number of amides is 2. The number of hydrogen-bond acceptors (Lipinski definition) is 5. The summed E-state index contributed by atoms with van der Waals surface area (Å²) < 4.78 is 45.2. The van der Waals surface area contributed by atoms with E-state index in [2.05, 4.69) is 10.1 Å². The maximum atomic E-state index is 13.5. The average Bonchev–Trinajstić information content (AvgIpc) is 3.40. The molecule has 1 unspecified atom stereocenters. The maximum Gasteiger partial charge on any atom is 0.416 e. The minimum Gasteiger partial charge on any atom is -0.337 e. The SMILES string of the molecule is CCCCN(CC(=O)N1CCCCC1c1nc(-c2cccc(Cl)c2)no1)C(=O)c1cccc(C(F)(F)F)c1. The number of benzene rings is 2. The molecule has 0 N–H and O–H groups in total. The summed E-state index contributed by atoms with van der Waals surface area (Å²) in [6.07, 6.45) is -0.982. The highest BCUT2D eigenvalue weighted by atomic mass is 35.5. The first-order valence-electron chi connectivity index (χ1n) is 12.5. The number of alkyl halides is 3. The van der Waals surface area contributed by atoms with Gasteiger partial charge in [0.15, 0.2) is 0 Å². The second kappa shape index (κ2) is 12.0. The number of carbonyl (C=O) groups is 2. The van der Waals surface area contributed by atoms with Crippen molar-refractivity contribution in [2.45, 2.75) is 51.2 Å². The fraction of sp³-hybridized carbons (Fsp3) is 0.407. The molecule has 2 heterocycles. The molecule has 2 aromatic carbocycles. The molecule has 0 radical (unpaired) electrons. The first-order valence-corrected chi connectivity index (χ1v) is 12.9. The van der Waals surface area contributed by atoms with Gasteiger partial charge in [-0.3, -0.25) is 9.59 Å². The van der Waals surface area contributed by atoms with Crippen LogP contribution in [0.25, 0.3) is 11.4 Å². The Hall–Kier alpha value is -3.40. The Labute approximate surface area is 223 Å². The quantitative estimate of drug-likeness (QED) is 0.325. The Bertz CT molecular complexity index is 1280. The lowest BCUT2D eigenvalue weighted by molar-refractivity contribution is -0.138. The molecular formula is C27H28ClF3N4O3. The van der Waals surface area contributed by atoms with Crippen LogP contribution in [0.3, 0.4) is 0 Å². The van der Waals surface area contributed by atoms with Crippen molar-refractivity contribution < 1.29 is 27.3 Å². The molecule has 7 nitrogen and oxygen atoms in total. The van der Waals surface area contributed by atoms with Crippen molar-refractivity contribution in [3.63, 3.8) is 0 Å². The third kappa shape index (κ3) is 6.53. The Kier molecular flexibility index (Phi) is 8.71. The van der Waals surface area contributed by atoms with E-state index in [1.165, 1.54) is 17.0 Å². The lowest BCUT2D eigenvalue weighted by Crippen LogP contribution is -2.46. The van der Waals surface area contributed by atoms with Crippen LogP contribution in [0.15, 0.2) is 53.1 Å². The van der Waals surface area contributed by atoms with E-state index in [-0.39, 0.29) is 30.5 Å². The van der Waals surface area contributed by atoms with Crippen LogP contribution in [0.2, 0.25) is 5.02 Å². The van der Waals surface area contributed by atoms with Crippen molar-refractivity contribution in [2.24, 2.45) is 0 Å². The minimum atomic E-state index is -4.57. The van der Waals surface area contributed by atoms with Gasteiger partial charge in [-0.25, -0.2) is 0 Å². The van der Waals surface area contributed by atoms with Crippen LogP contribution < -0.4 is 0 Å². The Morgan fingerprint density at radius 2 is 1.95 bits per heavy atom.